The second-order valence-corrected chi connectivity index (χ2v) is 6.47. The van der Waals surface area contributed by atoms with Crippen molar-refractivity contribution in [2.24, 2.45) is 16.3 Å². The third-order valence-corrected chi connectivity index (χ3v) is 4.68. The number of ether oxygens (including phenoxy) is 1. The van der Waals surface area contributed by atoms with Gasteiger partial charge in [0.15, 0.2) is 5.96 Å². The largest absolute Gasteiger partial charge is 0.384 e. The first-order valence-electron chi connectivity index (χ1n) is 7.61. The minimum Gasteiger partial charge on any atom is -0.384 e. The van der Waals surface area contributed by atoms with E-state index in [1.807, 2.05) is 7.05 Å². The highest BCUT2D eigenvalue weighted by molar-refractivity contribution is 14.0. The fraction of sp³-hybridized carbons (Fsp3) is 0.933. The van der Waals surface area contributed by atoms with Crippen molar-refractivity contribution >= 4 is 29.9 Å². The maximum absolute atomic E-state index is 5.26. The lowest BCUT2D eigenvalue weighted by Crippen LogP contribution is -2.44. The number of aliphatic imine (C=N–C) groups is 1. The van der Waals surface area contributed by atoms with Crippen LogP contribution < -0.4 is 5.32 Å². The molecule has 4 nitrogen and oxygen atoms in total. The minimum absolute atomic E-state index is 0. The summed E-state index contributed by atoms with van der Waals surface area (Å²) in [6.45, 7) is 6.50. The Morgan fingerprint density at radius 1 is 1.40 bits per heavy atom. The number of rotatable bonds is 4. The summed E-state index contributed by atoms with van der Waals surface area (Å²) in [4.78, 5) is 6.82. The Labute approximate surface area is 140 Å². The zero-order valence-corrected chi connectivity index (χ0v) is 15.5. The molecule has 5 heteroatoms. The predicted molar refractivity (Wildman–Crippen MR) is 94.9 cm³/mol. The van der Waals surface area contributed by atoms with E-state index < -0.39 is 0 Å². The maximum atomic E-state index is 5.26. The molecule has 1 N–H and O–H groups in total. The van der Waals surface area contributed by atoms with E-state index in [-0.39, 0.29) is 24.0 Å². The maximum Gasteiger partial charge on any atom is 0.193 e. The summed E-state index contributed by atoms with van der Waals surface area (Å²) in [7, 11) is 3.68. The Balaban J connectivity index is 0.00000200. The van der Waals surface area contributed by atoms with Crippen molar-refractivity contribution in [3.8, 4) is 0 Å². The van der Waals surface area contributed by atoms with Crippen LogP contribution in [0.15, 0.2) is 4.99 Å². The van der Waals surface area contributed by atoms with Crippen molar-refractivity contribution in [2.45, 2.75) is 39.0 Å². The van der Waals surface area contributed by atoms with Crippen LogP contribution in [0, 0.1) is 11.3 Å². The van der Waals surface area contributed by atoms with Gasteiger partial charge in [-0.1, -0.05) is 19.8 Å². The summed E-state index contributed by atoms with van der Waals surface area (Å²) in [6.07, 6.45) is 6.69. The fourth-order valence-electron chi connectivity index (χ4n) is 3.43. The molecule has 0 radical (unpaired) electrons. The topological polar surface area (TPSA) is 36.9 Å². The first-order valence-corrected chi connectivity index (χ1v) is 7.61. The van der Waals surface area contributed by atoms with Gasteiger partial charge in [0.1, 0.15) is 0 Å². The van der Waals surface area contributed by atoms with Gasteiger partial charge in [0.25, 0.3) is 0 Å². The predicted octanol–water partition coefficient (Wildman–Crippen LogP) is 2.73. The molecule has 0 aromatic carbocycles. The number of nitrogens with one attached hydrogen (secondary N) is 1. The molecule has 1 heterocycles. The molecule has 118 valence electrons. The van der Waals surface area contributed by atoms with E-state index in [0.717, 1.165) is 32.2 Å². The summed E-state index contributed by atoms with van der Waals surface area (Å²) in [5.41, 5.74) is 0.474. The van der Waals surface area contributed by atoms with Crippen molar-refractivity contribution in [1.29, 1.82) is 0 Å². The molecule has 0 amide bonds. The van der Waals surface area contributed by atoms with Crippen molar-refractivity contribution in [3.63, 3.8) is 0 Å². The fourth-order valence-corrected chi connectivity index (χ4v) is 3.43. The highest BCUT2D eigenvalue weighted by Gasteiger charge is 2.30. The minimum atomic E-state index is 0. The number of guanidine groups is 1. The number of hydrogen-bond donors (Lipinski definition) is 1. The summed E-state index contributed by atoms with van der Waals surface area (Å²) < 4.78 is 5.26. The number of hydrogen-bond acceptors (Lipinski definition) is 2. The van der Waals surface area contributed by atoms with Crippen LogP contribution in [-0.4, -0.2) is 51.3 Å². The van der Waals surface area contributed by atoms with Gasteiger partial charge < -0.3 is 15.0 Å². The first kappa shape index (κ1) is 18.0. The van der Waals surface area contributed by atoms with Crippen LogP contribution in [0.25, 0.3) is 0 Å². The van der Waals surface area contributed by atoms with Crippen LogP contribution in [0.3, 0.4) is 0 Å². The summed E-state index contributed by atoms with van der Waals surface area (Å²) in [6, 6.07) is 0. The molecule has 1 aliphatic carbocycles. The molecular weight excluding hydrogens is 365 g/mol. The van der Waals surface area contributed by atoms with Crippen LogP contribution >= 0.6 is 24.0 Å². The Bertz CT molecular complexity index is 316. The molecule has 2 rings (SSSR count). The van der Waals surface area contributed by atoms with E-state index in [2.05, 4.69) is 22.1 Å². The van der Waals surface area contributed by atoms with E-state index in [0.29, 0.717) is 11.3 Å². The van der Waals surface area contributed by atoms with E-state index >= 15 is 0 Å². The lowest BCUT2D eigenvalue weighted by Gasteiger charge is -2.28. The van der Waals surface area contributed by atoms with E-state index in [1.165, 1.54) is 32.1 Å². The summed E-state index contributed by atoms with van der Waals surface area (Å²) >= 11 is 0. The van der Waals surface area contributed by atoms with Gasteiger partial charge in [-0.15, -0.1) is 24.0 Å². The number of methoxy groups -OCH3 is 1. The van der Waals surface area contributed by atoms with Gasteiger partial charge in [-0.3, -0.25) is 4.99 Å². The molecule has 2 fully saturated rings. The Kier molecular flexibility index (Phi) is 7.58. The normalized spacial score (nSPS) is 25.6. The highest BCUT2D eigenvalue weighted by Crippen LogP contribution is 2.36. The number of halogens is 1. The Morgan fingerprint density at radius 3 is 2.70 bits per heavy atom. The Morgan fingerprint density at radius 2 is 2.10 bits per heavy atom. The zero-order chi connectivity index (χ0) is 13.7. The molecule has 1 saturated heterocycles. The van der Waals surface area contributed by atoms with Gasteiger partial charge in [-0.25, -0.2) is 0 Å². The summed E-state index contributed by atoms with van der Waals surface area (Å²) in [5.74, 6) is 1.73. The van der Waals surface area contributed by atoms with Gasteiger partial charge in [0, 0.05) is 39.7 Å². The second-order valence-electron chi connectivity index (χ2n) is 6.47. The quantitative estimate of drug-likeness (QED) is 0.452. The third-order valence-electron chi connectivity index (χ3n) is 4.68. The molecular formula is C15H30IN3O. The summed E-state index contributed by atoms with van der Waals surface area (Å²) in [5, 5.41) is 3.59. The standard InChI is InChI=1S/C15H29N3O.HI/c1-15(7-4-5-8-15)12-17-14(16-2)18-9-6-13(10-18)11-19-3;/h13H,4-12H2,1-3H3,(H,16,17);1H. The van der Waals surface area contributed by atoms with Gasteiger partial charge in [0.2, 0.25) is 0 Å². The van der Waals surface area contributed by atoms with Gasteiger partial charge in [-0.05, 0) is 24.7 Å². The van der Waals surface area contributed by atoms with Crippen LogP contribution in [-0.2, 0) is 4.74 Å². The SMILES string of the molecule is CN=C(NCC1(C)CCCC1)N1CCC(COC)C1.I. The molecule has 1 saturated carbocycles. The van der Waals surface area contributed by atoms with Crippen LogP contribution in [0.2, 0.25) is 0 Å². The smallest absolute Gasteiger partial charge is 0.193 e. The molecule has 0 spiro atoms. The van der Waals surface area contributed by atoms with E-state index in [9.17, 15) is 0 Å². The van der Waals surface area contributed by atoms with E-state index in [4.69, 9.17) is 4.74 Å². The zero-order valence-electron chi connectivity index (χ0n) is 13.2. The molecule has 1 unspecified atom stereocenters. The number of nitrogens with zero attached hydrogens (tertiary/aromatic N) is 2. The third kappa shape index (κ3) is 4.76. The average molecular weight is 395 g/mol. The lowest BCUT2D eigenvalue weighted by molar-refractivity contribution is 0.157. The molecule has 1 aliphatic heterocycles. The van der Waals surface area contributed by atoms with Crippen molar-refractivity contribution in [1.82, 2.24) is 10.2 Å². The van der Waals surface area contributed by atoms with Gasteiger partial charge in [0.05, 0.1) is 6.61 Å². The molecule has 0 bridgehead atoms. The average Bonchev–Trinajstić information content (AvgIpc) is 3.01. The van der Waals surface area contributed by atoms with Gasteiger partial charge in [-0.2, -0.15) is 0 Å². The Hall–Kier alpha value is -0.0400. The molecule has 20 heavy (non-hydrogen) atoms. The van der Waals surface area contributed by atoms with Crippen molar-refractivity contribution in [2.75, 3.05) is 40.4 Å². The van der Waals surface area contributed by atoms with Crippen molar-refractivity contribution in [3.05, 3.63) is 0 Å². The molecule has 1 atom stereocenters. The second kappa shape index (κ2) is 8.41. The molecule has 2 aliphatic rings. The number of likely N-dealkylation sites (tertiary alicyclic amines) is 1. The van der Waals surface area contributed by atoms with Crippen molar-refractivity contribution < 1.29 is 4.74 Å². The van der Waals surface area contributed by atoms with E-state index in [1.54, 1.807) is 7.11 Å². The first-order chi connectivity index (χ1) is 9.17. The highest BCUT2D eigenvalue weighted by atomic mass is 127. The van der Waals surface area contributed by atoms with Crippen LogP contribution in [0.5, 0.6) is 0 Å². The molecule has 0 aromatic heterocycles. The van der Waals surface area contributed by atoms with Crippen LogP contribution in [0.4, 0.5) is 0 Å². The molecule has 0 aromatic rings. The monoisotopic (exact) mass is 395 g/mol. The van der Waals surface area contributed by atoms with Gasteiger partial charge >= 0.3 is 0 Å². The van der Waals surface area contributed by atoms with Crippen LogP contribution in [0.1, 0.15) is 39.0 Å². The lowest BCUT2D eigenvalue weighted by atomic mass is 9.89.